The van der Waals surface area contributed by atoms with Crippen LogP contribution in [0.15, 0.2) is 83.3 Å². The summed E-state index contributed by atoms with van der Waals surface area (Å²) in [5.74, 6) is 0. The average Bonchev–Trinajstić information content (AvgIpc) is 3.77. The highest BCUT2D eigenvalue weighted by Gasteiger charge is 2.30. The Balaban J connectivity index is 1.28. The Morgan fingerprint density at radius 3 is 1.29 bits per heavy atom. The molecule has 1 heterocycles. The zero-order chi connectivity index (χ0) is 51.8. The molecule has 0 saturated carbocycles. The van der Waals surface area contributed by atoms with Crippen molar-refractivity contribution in [1.29, 1.82) is 0 Å². The Bertz CT molecular complexity index is 3980. The summed E-state index contributed by atoms with van der Waals surface area (Å²) < 4.78 is 6.76. The fourth-order valence-electron chi connectivity index (χ4n) is 13.1. The first kappa shape index (κ1) is 50.0. The number of hydrogen-bond acceptors (Lipinski definition) is 2. The minimum Gasteiger partial charge on any atom is -0.455 e. The van der Waals surface area contributed by atoms with Gasteiger partial charge in [0.25, 0.3) is 0 Å². The van der Waals surface area contributed by atoms with Gasteiger partial charge in [0.2, 0.25) is 0 Å². The first-order valence-electron chi connectivity index (χ1n) is 26.1. The van der Waals surface area contributed by atoms with Gasteiger partial charge >= 0.3 is 0 Å². The molecule has 2 nitrogen and oxygen atoms in total. The lowest BCUT2D eigenvalue weighted by Crippen LogP contribution is -2.57. The molecule has 72 heavy (non-hydrogen) atoms. The number of fused-ring (bicyclic) bond motifs is 6. The minimum absolute atomic E-state index is 0.904. The number of rotatable bonds is 6. The number of hydrogen-bond donors (Lipinski definition) is 0. The molecule has 22 heteroatoms. The lowest BCUT2D eigenvalue weighted by molar-refractivity contribution is 0.673. The molecule has 0 radical (unpaired) electrons. The third-order valence-corrected chi connectivity index (χ3v) is 18.7. The number of anilines is 3. The van der Waals surface area contributed by atoms with E-state index in [1.807, 2.05) is 0 Å². The van der Waals surface area contributed by atoms with Crippen molar-refractivity contribution < 1.29 is 4.42 Å². The largest absolute Gasteiger partial charge is 0.455 e. The monoisotopic (exact) mass is 904 g/mol. The van der Waals surface area contributed by atoms with Gasteiger partial charge in [-0.3, -0.25) is 0 Å². The standard InChI is InChI=1S/C50H53B20NO/c51-28-22(24-32(55)40(63)44(67)41(64)33(24)56)29(52)31(54)23(30(28)53)25-36(59)45(68)49(46(69)37(25)60)71(48-27-26(35(58)43(66)47(48)70)34(57)39(62)42(65)38(27)61)16-7-3-6-15(13-16)17-9-4-10-20-21(17)19-12-11-14-5-1-2-8-18(14)50(19)72-20/h1-13H,51-70H2. The highest BCUT2D eigenvalue weighted by atomic mass is 16.3. The van der Waals surface area contributed by atoms with Crippen molar-refractivity contribution in [3.8, 4) is 33.4 Å². The van der Waals surface area contributed by atoms with Gasteiger partial charge in [-0.05, 0) is 73.8 Å². The molecule has 0 amide bonds. The molecule has 324 valence electrons. The summed E-state index contributed by atoms with van der Waals surface area (Å²) in [5, 5.41) is 7.33. The normalized spacial score (nSPS) is 11.6. The molecule has 0 atom stereocenters. The Hall–Kier alpha value is -5.60. The third kappa shape index (κ3) is 7.14. The van der Waals surface area contributed by atoms with Crippen LogP contribution in [0.3, 0.4) is 0 Å². The minimum atomic E-state index is 0.904. The molecule has 1 aromatic heterocycles. The van der Waals surface area contributed by atoms with E-state index >= 15 is 0 Å². The van der Waals surface area contributed by atoms with Crippen LogP contribution < -0.4 is 114 Å². The van der Waals surface area contributed by atoms with E-state index in [1.54, 1.807) is 0 Å². The number of benzene rings is 9. The molecule has 0 unspecified atom stereocenters. The van der Waals surface area contributed by atoms with Gasteiger partial charge in [-0.25, -0.2) is 0 Å². The molecule has 10 rings (SSSR count). The number of furan rings is 1. The highest BCUT2D eigenvalue weighted by molar-refractivity contribution is 6.74. The van der Waals surface area contributed by atoms with Crippen LogP contribution in [0.25, 0.3) is 76.9 Å². The summed E-state index contributed by atoms with van der Waals surface area (Å²) in [6, 6.07) is 28.9. The van der Waals surface area contributed by atoms with Crippen LogP contribution in [-0.2, 0) is 0 Å². The predicted molar refractivity (Wildman–Crippen MR) is 383 cm³/mol. The lowest BCUT2D eigenvalue weighted by Gasteiger charge is -2.37. The Kier molecular flexibility index (Phi) is 12.6. The number of nitrogens with zero attached hydrogens (tertiary/aromatic N) is 1. The Labute approximate surface area is 445 Å². The van der Waals surface area contributed by atoms with Crippen LogP contribution in [0.4, 0.5) is 17.1 Å². The molecule has 9 aromatic carbocycles. The van der Waals surface area contributed by atoms with Gasteiger partial charge < -0.3 is 9.32 Å². The maximum atomic E-state index is 6.76. The summed E-state index contributed by atoms with van der Waals surface area (Å²) in [6.45, 7) is 0. The molecule has 0 bridgehead atoms. The smallest absolute Gasteiger partial charge is 0.143 e. The van der Waals surface area contributed by atoms with Gasteiger partial charge in [0.05, 0.1) is 0 Å². The van der Waals surface area contributed by atoms with Crippen molar-refractivity contribution >= 4 is 327 Å². The topological polar surface area (TPSA) is 16.4 Å². The fraction of sp³-hybridized carbons (Fsp3) is 0. The molecule has 0 aliphatic heterocycles. The first-order chi connectivity index (χ1) is 34.1. The zero-order valence-corrected chi connectivity index (χ0v) is 46.9. The van der Waals surface area contributed by atoms with E-state index in [9.17, 15) is 0 Å². The van der Waals surface area contributed by atoms with Crippen LogP contribution in [0.2, 0.25) is 0 Å². The SMILES string of the molecule is Bc1c(B)c(B)c(-c2c(B)c(B)c(-c3c(B)c(B)c(N(c4cccc(-c5cccc6oc7c8ccccc8ccc7c56)c4)c4c(B)c(B)c(B)c5c(B)c(B)c(B)c(B)c45)c(B)c3B)c(B)c2B)c(B)c1B. The van der Waals surface area contributed by atoms with Crippen molar-refractivity contribution in [3.05, 3.63) is 78.9 Å². The second-order valence-electron chi connectivity index (χ2n) is 21.8. The fourth-order valence-corrected chi connectivity index (χ4v) is 13.1. The predicted octanol–water partition coefficient (Wildman–Crippen LogP) is -20.5. The van der Waals surface area contributed by atoms with Gasteiger partial charge in [0, 0.05) is 33.2 Å². The molecular weight excluding hydrogens is 847 g/mol. The highest BCUT2D eigenvalue weighted by Crippen LogP contribution is 2.42. The second kappa shape index (κ2) is 18.1. The van der Waals surface area contributed by atoms with Crippen molar-refractivity contribution in [2.24, 2.45) is 0 Å². The molecule has 0 saturated heterocycles. The van der Waals surface area contributed by atoms with Crippen molar-refractivity contribution in [2.75, 3.05) is 4.90 Å². The van der Waals surface area contributed by atoms with Gasteiger partial charge in [0.1, 0.15) is 168 Å². The molecular formula is C50H53B20NO. The second-order valence-corrected chi connectivity index (χ2v) is 21.8. The lowest BCUT2D eigenvalue weighted by atomic mass is 9.55. The van der Waals surface area contributed by atoms with Gasteiger partial charge in [0.15, 0.2) is 0 Å². The van der Waals surface area contributed by atoms with E-state index < -0.39 is 0 Å². The van der Waals surface area contributed by atoms with Gasteiger partial charge in [-0.15, -0.1) is 27.3 Å². The van der Waals surface area contributed by atoms with Gasteiger partial charge in [-0.1, -0.05) is 137 Å². The van der Waals surface area contributed by atoms with Crippen LogP contribution >= 0.6 is 0 Å². The summed E-state index contributed by atoms with van der Waals surface area (Å²) >= 11 is 0. The molecule has 0 N–H and O–H groups in total. The van der Waals surface area contributed by atoms with E-state index in [0.717, 1.165) is 38.6 Å². The Morgan fingerprint density at radius 1 is 0.306 bits per heavy atom. The maximum Gasteiger partial charge on any atom is 0.143 e. The van der Waals surface area contributed by atoms with Crippen LogP contribution in [0.5, 0.6) is 0 Å². The van der Waals surface area contributed by atoms with Crippen molar-refractivity contribution in [2.45, 2.75) is 0 Å². The first-order valence-corrected chi connectivity index (χ1v) is 26.1. The molecule has 0 aliphatic rings. The van der Waals surface area contributed by atoms with E-state index in [4.69, 9.17) is 4.42 Å². The van der Waals surface area contributed by atoms with Crippen molar-refractivity contribution in [3.63, 3.8) is 0 Å². The van der Waals surface area contributed by atoms with Crippen LogP contribution in [-0.4, -0.2) is 157 Å². The molecule has 0 aliphatic carbocycles. The molecule has 0 spiro atoms. The quantitative estimate of drug-likeness (QED) is 0.155. The van der Waals surface area contributed by atoms with Crippen LogP contribution in [0.1, 0.15) is 0 Å². The average molecular weight is 900 g/mol. The molecule has 10 aromatic rings. The Morgan fingerprint density at radius 2 is 0.736 bits per heavy atom. The van der Waals surface area contributed by atoms with E-state index in [2.05, 4.69) is 241 Å². The van der Waals surface area contributed by atoms with E-state index in [1.165, 1.54) is 165 Å². The van der Waals surface area contributed by atoms with E-state index in [-0.39, 0.29) is 0 Å². The maximum absolute atomic E-state index is 6.76. The van der Waals surface area contributed by atoms with Gasteiger partial charge in [-0.2, -0.15) is 0 Å². The summed E-state index contributed by atoms with van der Waals surface area (Å²) in [6.07, 6.45) is 0. The van der Waals surface area contributed by atoms with Crippen molar-refractivity contribution in [1.82, 2.24) is 0 Å². The van der Waals surface area contributed by atoms with Crippen LogP contribution in [0, 0.1) is 0 Å². The van der Waals surface area contributed by atoms with E-state index in [0.29, 0.717) is 0 Å². The summed E-state index contributed by atoms with van der Waals surface area (Å²) in [5.41, 5.74) is 40.6. The summed E-state index contributed by atoms with van der Waals surface area (Å²) in [4.78, 5) is 2.66. The molecule has 0 fully saturated rings. The third-order valence-electron chi connectivity index (χ3n) is 18.7. The summed E-state index contributed by atoms with van der Waals surface area (Å²) in [7, 11) is 46.9. The zero-order valence-electron chi connectivity index (χ0n) is 46.9.